The zero-order valence-corrected chi connectivity index (χ0v) is 15.0. The van der Waals surface area contributed by atoms with Gasteiger partial charge in [-0.15, -0.1) is 0 Å². The van der Waals surface area contributed by atoms with Crippen LogP contribution in [0.15, 0.2) is 46.9 Å². The molecular weight excluding hydrogens is 358 g/mol. The maximum absolute atomic E-state index is 9.04. The van der Waals surface area contributed by atoms with E-state index in [9.17, 15) is 0 Å². The van der Waals surface area contributed by atoms with Gasteiger partial charge in [-0.05, 0) is 42.3 Å². The molecule has 2 aromatic carbocycles. The van der Waals surface area contributed by atoms with Crippen molar-refractivity contribution in [3.63, 3.8) is 0 Å². The van der Waals surface area contributed by atoms with Crippen molar-refractivity contribution >= 4 is 15.9 Å². The fourth-order valence-corrected chi connectivity index (χ4v) is 2.30. The molecule has 0 bridgehead atoms. The molecule has 0 saturated heterocycles. The Balaban J connectivity index is 1.99. The van der Waals surface area contributed by atoms with Crippen LogP contribution in [0.25, 0.3) is 0 Å². The summed E-state index contributed by atoms with van der Waals surface area (Å²) in [4.78, 5) is 0. The lowest BCUT2D eigenvalue weighted by atomic mass is 10.2. The molecule has 0 radical (unpaired) electrons. The monoisotopic (exact) mass is 379 g/mol. The number of ether oxygens (including phenoxy) is 2. The molecule has 0 amide bonds. The van der Waals surface area contributed by atoms with Gasteiger partial charge in [0.2, 0.25) is 0 Å². The van der Waals surface area contributed by atoms with E-state index in [4.69, 9.17) is 14.6 Å². The van der Waals surface area contributed by atoms with Crippen LogP contribution in [0.4, 0.5) is 0 Å². The van der Waals surface area contributed by atoms with Gasteiger partial charge < -0.3 is 19.9 Å². The van der Waals surface area contributed by atoms with Gasteiger partial charge in [-0.2, -0.15) is 0 Å². The Hall–Kier alpha value is -1.56. The van der Waals surface area contributed by atoms with Crippen LogP contribution in [0.1, 0.15) is 18.1 Å². The molecule has 0 aliphatic heterocycles. The van der Waals surface area contributed by atoms with Crippen LogP contribution >= 0.6 is 15.9 Å². The molecule has 4 nitrogen and oxygen atoms in total. The van der Waals surface area contributed by atoms with Gasteiger partial charge in [-0.25, -0.2) is 0 Å². The lowest BCUT2D eigenvalue weighted by Gasteiger charge is -2.14. The SMILES string of the molecule is COc1cc(CN[C@H](C)CO)ccc1OCc1ccc(Br)cc1. The highest BCUT2D eigenvalue weighted by atomic mass is 79.9. The van der Waals surface area contributed by atoms with Crippen LogP contribution in [0.3, 0.4) is 0 Å². The lowest BCUT2D eigenvalue weighted by Crippen LogP contribution is -2.28. The molecule has 23 heavy (non-hydrogen) atoms. The fourth-order valence-electron chi connectivity index (χ4n) is 2.04. The van der Waals surface area contributed by atoms with Crippen LogP contribution < -0.4 is 14.8 Å². The van der Waals surface area contributed by atoms with Gasteiger partial charge in [0.15, 0.2) is 11.5 Å². The minimum Gasteiger partial charge on any atom is -0.493 e. The third kappa shape index (κ3) is 5.53. The molecule has 1 atom stereocenters. The van der Waals surface area contributed by atoms with Gasteiger partial charge in [-0.3, -0.25) is 0 Å². The maximum atomic E-state index is 9.04. The highest BCUT2D eigenvalue weighted by molar-refractivity contribution is 9.10. The summed E-state index contributed by atoms with van der Waals surface area (Å²) in [6.45, 7) is 3.21. The van der Waals surface area contributed by atoms with E-state index in [0.29, 0.717) is 18.9 Å². The number of hydrogen-bond donors (Lipinski definition) is 2. The second-order valence-electron chi connectivity index (χ2n) is 5.36. The number of benzene rings is 2. The Kier molecular flexibility index (Phi) is 6.89. The average molecular weight is 380 g/mol. The molecule has 0 spiro atoms. The molecule has 0 aliphatic rings. The van der Waals surface area contributed by atoms with E-state index >= 15 is 0 Å². The van der Waals surface area contributed by atoms with Gasteiger partial charge in [0, 0.05) is 17.1 Å². The molecular formula is C18H22BrNO3. The van der Waals surface area contributed by atoms with Crippen molar-refractivity contribution in [1.82, 2.24) is 5.32 Å². The van der Waals surface area contributed by atoms with Crippen molar-refractivity contribution in [3.8, 4) is 11.5 Å². The molecule has 124 valence electrons. The van der Waals surface area contributed by atoms with E-state index in [1.807, 2.05) is 49.4 Å². The molecule has 2 N–H and O–H groups in total. The first kappa shape index (κ1) is 17.8. The molecule has 0 fully saturated rings. The third-order valence-electron chi connectivity index (χ3n) is 3.46. The molecule has 0 heterocycles. The summed E-state index contributed by atoms with van der Waals surface area (Å²) < 4.78 is 12.3. The summed E-state index contributed by atoms with van der Waals surface area (Å²) >= 11 is 3.42. The molecule has 0 aromatic heterocycles. The van der Waals surface area contributed by atoms with E-state index < -0.39 is 0 Å². The predicted octanol–water partition coefficient (Wildman–Crippen LogP) is 3.51. The van der Waals surface area contributed by atoms with Gasteiger partial charge in [-0.1, -0.05) is 34.1 Å². The third-order valence-corrected chi connectivity index (χ3v) is 3.99. The zero-order valence-electron chi connectivity index (χ0n) is 13.4. The number of aliphatic hydroxyl groups excluding tert-OH is 1. The summed E-state index contributed by atoms with van der Waals surface area (Å²) in [5, 5.41) is 12.3. The van der Waals surface area contributed by atoms with E-state index in [0.717, 1.165) is 21.3 Å². The van der Waals surface area contributed by atoms with Crippen molar-refractivity contribution in [2.45, 2.75) is 26.1 Å². The number of hydrogen-bond acceptors (Lipinski definition) is 4. The Morgan fingerprint density at radius 2 is 1.78 bits per heavy atom. The molecule has 0 aliphatic carbocycles. The second kappa shape index (κ2) is 8.91. The maximum Gasteiger partial charge on any atom is 0.161 e. The van der Waals surface area contributed by atoms with Gasteiger partial charge in [0.25, 0.3) is 0 Å². The first-order valence-electron chi connectivity index (χ1n) is 7.50. The summed E-state index contributed by atoms with van der Waals surface area (Å²) in [6, 6.07) is 14.0. The Bertz CT molecular complexity index is 616. The second-order valence-corrected chi connectivity index (χ2v) is 6.28. The Labute approximate surface area is 145 Å². The van der Waals surface area contributed by atoms with Crippen molar-refractivity contribution in [2.24, 2.45) is 0 Å². The van der Waals surface area contributed by atoms with Crippen LogP contribution in [0, 0.1) is 0 Å². The van der Waals surface area contributed by atoms with E-state index in [1.165, 1.54) is 0 Å². The predicted molar refractivity (Wildman–Crippen MR) is 94.9 cm³/mol. The number of nitrogens with one attached hydrogen (secondary N) is 1. The topological polar surface area (TPSA) is 50.7 Å². The van der Waals surface area contributed by atoms with Crippen LogP contribution in [0.2, 0.25) is 0 Å². The molecule has 2 rings (SSSR count). The van der Waals surface area contributed by atoms with E-state index in [2.05, 4.69) is 21.2 Å². The van der Waals surface area contributed by atoms with Crippen molar-refractivity contribution < 1.29 is 14.6 Å². The fraction of sp³-hybridized carbons (Fsp3) is 0.333. The first-order valence-corrected chi connectivity index (χ1v) is 8.30. The van der Waals surface area contributed by atoms with Crippen LogP contribution in [0.5, 0.6) is 11.5 Å². The van der Waals surface area contributed by atoms with Crippen molar-refractivity contribution in [2.75, 3.05) is 13.7 Å². The smallest absolute Gasteiger partial charge is 0.161 e. The molecule has 0 unspecified atom stereocenters. The largest absolute Gasteiger partial charge is 0.493 e. The van der Waals surface area contributed by atoms with E-state index in [-0.39, 0.29) is 12.6 Å². The highest BCUT2D eigenvalue weighted by Gasteiger charge is 2.07. The Morgan fingerprint density at radius 1 is 1.09 bits per heavy atom. The number of aliphatic hydroxyl groups is 1. The highest BCUT2D eigenvalue weighted by Crippen LogP contribution is 2.29. The van der Waals surface area contributed by atoms with Gasteiger partial charge in [0.05, 0.1) is 13.7 Å². The van der Waals surface area contributed by atoms with Gasteiger partial charge >= 0.3 is 0 Å². The first-order chi connectivity index (χ1) is 11.1. The number of methoxy groups -OCH3 is 1. The summed E-state index contributed by atoms with van der Waals surface area (Å²) in [7, 11) is 1.63. The minimum absolute atomic E-state index is 0.0642. The summed E-state index contributed by atoms with van der Waals surface area (Å²) in [5.41, 5.74) is 2.18. The van der Waals surface area contributed by atoms with Gasteiger partial charge in [0.1, 0.15) is 6.61 Å². The molecule has 2 aromatic rings. The number of halogens is 1. The zero-order chi connectivity index (χ0) is 16.7. The van der Waals surface area contributed by atoms with Crippen LogP contribution in [-0.4, -0.2) is 24.9 Å². The summed E-state index contributed by atoms with van der Waals surface area (Å²) in [6.07, 6.45) is 0. The normalized spacial score (nSPS) is 12.0. The number of rotatable bonds is 8. The molecule has 0 saturated carbocycles. The quantitative estimate of drug-likeness (QED) is 0.736. The van der Waals surface area contributed by atoms with Crippen LogP contribution in [-0.2, 0) is 13.2 Å². The molecule has 5 heteroatoms. The Morgan fingerprint density at radius 3 is 2.43 bits per heavy atom. The standard InChI is InChI=1S/C18H22BrNO3/c1-13(11-21)20-10-15-5-8-17(18(9-15)22-2)23-12-14-3-6-16(19)7-4-14/h3-9,13,20-21H,10-12H2,1-2H3/t13-/m1/s1. The van der Waals surface area contributed by atoms with E-state index in [1.54, 1.807) is 7.11 Å². The lowest BCUT2D eigenvalue weighted by molar-refractivity contribution is 0.251. The summed E-state index contributed by atoms with van der Waals surface area (Å²) in [5.74, 6) is 1.42. The van der Waals surface area contributed by atoms with Crippen molar-refractivity contribution in [3.05, 3.63) is 58.1 Å². The average Bonchev–Trinajstić information content (AvgIpc) is 2.59. The van der Waals surface area contributed by atoms with Crippen molar-refractivity contribution in [1.29, 1.82) is 0 Å². The minimum atomic E-state index is 0.0642.